The fourth-order valence-corrected chi connectivity index (χ4v) is 4.97. The number of fused-ring (bicyclic) bond motifs is 1. The Morgan fingerprint density at radius 2 is 2.00 bits per heavy atom. The number of aromatic nitrogens is 2. The maximum absolute atomic E-state index is 12.6. The monoisotopic (exact) mass is 500 g/mol. The number of carbonyl (C=O) groups excluding carboxylic acids is 1. The van der Waals surface area contributed by atoms with E-state index in [0.717, 1.165) is 54.6 Å². The third kappa shape index (κ3) is 7.53. The fraction of sp³-hybridized carbons (Fsp3) is 0.724. The quantitative estimate of drug-likeness (QED) is 0.286. The van der Waals surface area contributed by atoms with Crippen LogP contribution in [-0.4, -0.2) is 44.6 Å². The Kier molecular flexibility index (Phi) is 9.95. The fourth-order valence-electron chi connectivity index (χ4n) is 4.97. The van der Waals surface area contributed by atoms with Crippen molar-refractivity contribution >= 4 is 16.8 Å². The molecule has 0 bridgehead atoms. The van der Waals surface area contributed by atoms with Crippen molar-refractivity contribution in [3.63, 3.8) is 0 Å². The summed E-state index contributed by atoms with van der Waals surface area (Å²) in [5.41, 5.74) is 7.82. The lowest BCUT2D eigenvalue weighted by Crippen LogP contribution is -2.47. The van der Waals surface area contributed by atoms with E-state index in [1.807, 2.05) is 32.2 Å². The predicted molar refractivity (Wildman–Crippen MR) is 145 cm³/mol. The zero-order chi connectivity index (χ0) is 26.5. The van der Waals surface area contributed by atoms with Crippen LogP contribution < -0.4 is 11.1 Å². The summed E-state index contributed by atoms with van der Waals surface area (Å²) in [6.45, 7) is 11.1. The molecular formula is C29H48N4O3. The second-order valence-electron chi connectivity index (χ2n) is 11.9. The minimum absolute atomic E-state index is 0.0609. The number of hydrogen-bond donors (Lipinski definition) is 4. The SMILES string of the molecule is CCCCC(C)(C)C(=O)NCC(O)C(N)CC(C(C)C)C(O)c1ccc2cnn(CCC3CC3)c2c1. The molecule has 0 spiro atoms. The van der Waals surface area contributed by atoms with Gasteiger partial charge < -0.3 is 21.3 Å². The van der Waals surface area contributed by atoms with Crippen molar-refractivity contribution < 1.29 is 15.0 Å². The van der Waals surface area contributed by atoms with Gasteiger partial charge in [0, 0.05) is 29.9 Å². The van der Waals surface area contributed by atoms with Crippen molar-refractivity contribution in [1.29, 1.82) is 0 Å². The summed E-state index contributed by atoms with van der Waals surface area (Å²) < 4.78 is 2.05. The molecule has 0 aliphatic heterocycles. The average Bonchev–Trinajstić information content (AvgIpc) is 3.60. The maximum Gasteiger partial charge on any atom is 0.225 e. The molecule has 1 aliphatic rings. The van der Waals surface area contributed by atoms with Gasteiger partial charge in [-0.1, -0.05) is 72.4 Å². The Morgan fingerprint density at radius 3 is 2.64 bits per heavy atom. The normalized spacial score (nSPS) is 17.8. The molecule has 0 saturated heterocycles. The zero-order valence-electron chi connectivity index (χ0n) is 22.9. The van der Waals surface area contributed by atoms with E-state index in [-0.39, 0.29) is 24.3 Å². The largest absolute Gasteiger partial charge is 0.390 e. The van der Waals surface area contributed by atoms with E-state index in [2.05, 4.69) is 41.9 Å². The number of aryl methyl sites for hydroxylation is 1. The molecule has 0 radical (unpaired) electrons. The standard InChI is InChI=1S/C29H48N4O3/c1-6-7-13-29(4,5)28(36)31-18-26(34)24(30)16-23(19(2)3)27(35)21-10-11-22-17-32-33(25(22)15-21)14-12-20-8-9-20/h10-11,15,17,19-20,23-24,26-27,34-35H,6-9,12-14,16,18,30H2,1-5H3,(H,31,36). The first-order chi connectivity index (χ1) is 17.0. The van der Waals surface area contributed by atoms with Gasteiger partial charge in [0.2, 0.25) is 5.91 Å². The van der Waals surface area contributed by atoms with Crippen LogP contribution in [0.25, 0.3) is 10.9 Å². The molecule has 1 aromatic heterocycles. The Bertz CT molecular complexity index is 982. The summed E-state index contributed by atoms with van der Waals surface area (Å²) in [4.78, 5) is 12.6. The lowest BCUT2D eigenvalue weighted by atomic mass is 9.81. The minimum Gasteiger partial charge on any atom is -0.390 e. The van der Waals surface area contributed by atoms with E-state index in [9.17, 15) is 15.0 Å². The second kappa shape index (κ2) is 12.5. The van der Waals surface area contributed by atoms with Crippen LogP contribution in [0, 0.1) is 23.2 Å². The van der Waals surface area contributed by atoms with Gasteiger partial charge in [0.1, 0.15) is 0 Å². The van der Waals surface area contributed by atoms with E-state index < -0.39 is 23.7 Å². The van der Waals surface area contributed by atoms with E-state index in [4.69, 9.17) is 5.73 Å². The highest BCUT2D eigenvalue weighted by Crippen LogP contribution is 2.35. The highest BCUT2D eigenvalue weighted by molar-refractivity contribution is 5.81. The van der Waals surface area contributed by atoms with E-state index in [0.29, 0.717) is 6.42 Å². The van der Waals surface area contributed by atoms with Crippen molar-refractivity contribution in [3.05, 3.63) is 30.0 Å². The van der Waals surface area contributed by atoms with Crippen molar-refractivity contribution in [2.45, 2.75) is 104 Å². The van der Waals surface area contributed by atoms with Crippen LogP contribution in [0.1, 0.15) is 91.2 Å². The van der Waals surface area contributed by atoms with Crippen molar-refractivity contribution in [2.75, 3.05) is 6.54 Å². The van der Waals surface area contributed by atoms with Gasteiger partial charge >= 0.3 is 0 Å². The van der Waals surface area contributed by atoms with Gasteiger partial charge in [0.25, 0.3) is 0 Å². The number of aliphatic hydroxyl groups excluding tert-OH is 2. The first-order valence-corrected chi connectivity index (χ1v) is 13.9. The van der Waals surface area contributed by atoms with Crippen molar-refractivity contribution in [2.24, 2.45) is 28.9 Å². The molecule has 4 unspecified atom stereocenters. The molecule has 36 heavy (non-hydrogen) atoms. The molecule has 1 aliphatic carbocycles. The average molecular weight is 501 g/mol. The van der Waals surface area contributed by atoms with Crippen LogP contribution in [0.2, 0.25) is 0 Å². The number of hydrogen-bond acceptors (Lipinski definition) is 5. The van der Waals surface area contributed by atoms with Gasteiger partial charge in [-0.05, 0) is 48.6 Å². The lowest BCUT2D eigenvalue weighted by Gasteiger charge is -2.31. The molecule has 1 saturated carbocycles. The molecular weight excluding hydrogens is 452 g/mol. The Morgan fingerprint density at radius 1 is 1.28 bits per heavy atom. The summed E-state index contributed by atoms with van der Waals surface area (Å²) in [7, 11) is 0. The molecule has 1 amide bonds. The van der Waals surface area contributed by atoms with Gasteiger partial charge in [0.05, 0.1) is 23.9 Å². The summed E-state index contributed by atoms with van der Waals surface area (Å²) in [6, 6.07) is 5.49. The number of amides is 1. The first-order valence-electron chi connectivity index (χ1n) is 13.9. The second-order valence-corrected chi connectivity index (χ2v) is 11.9. The highest BCUT2D eigenvalue weighted by Gasteiger charge is 2.31. The van der Waals surface area contributed by atoms with Gasteiger partial charge in [0.15, 0.2) is 0 Å². The highest BCUT2D eigenvalue weighted by atomic mass is 16.3. The number of nitrogens with two attached hydrogens (primary N) is 1. The number of unbranched alkanes of at least 4 members (excludes halogenated alkanes) is 1. The summed E-state index contributed by atoms with van der Waals surface area (Å²) >= 11 is 0. The van der Waals surface area contributed by atoms with Crippen molar-refractivity contribution in [3.8, 4) is 0 Å². The number of benzene rings is 1. The van der Waals surface area contributed by atoms with Crippen LogP contribution in [0.15, 0.2) is 24.4 Å². The third-order valence-electron chi connectivity index (χ3n) is 8.00. The minimum atomic E-state index is -0.879. The Hall–Kier alpha value is -1.96. The Labute approximate surface area is 216 Å². The number of carbonyl (C=O) groups is 1. The maximum atomic E-state index is 12.6. The van der Waals surface area contributed by atoms with Crippen LogP contribution in [0.5, 0.6) is 0 Å². The van der Waals surface area contributed by atoms with Gasteiger partial charge in [-0.25, -0.2) is 0 Å². The van der Waals surface area contributed by atoms with Gasteiger partial charge in [-0.2, -0.15) is 5.10 Å². The molecule has 202 valence electrons. The summed E-state index contributed by atoms with van der Waals surface area (Å²) in [5, 5.41) is 30.6. The topological polar surface area (TPSA) is 113 Å². The smallest absolute Gasteiger partial charge is 0.225 e. The molecule has 3 rings (SSSR count). The number of nitrogens with one attached hydrogen (secondary N) is 1. The number of aliphatic hydroxyl groups is 2. The molecule has 2 aromatic rings. The molecule has 1 heterocycles. The summed E-state index contributed by atoms with van der Waals surface area (Å²) in [6.07, 6.45) is 7.40. The van der Waals surface area contributed by atoms with E-state index in [1.54, 1.807) is 0 Å². The van der Waals surface area contributed by atoms with Crippen LogP contribution in [0.3, 0.4) is 0 Å². The van der Waals surface area contributed by atoms with Gasteiger partial charge in [-0.3, -0.25) is 9.48 Å². The lowest BCUT2D eigenvalue weighted by molar-refractivity contribution is -0.130. The van der Waals surface area contributed by atoms with E-state index in [1.165, 1.54) is 12.8 Å². The molecule has 4 atom stereocenters. The zero-order valence-corrected chi connectivity index (χ0v) is 22.9. The molecule has 7 heteroatoms. The first kappa shape index (κ1) is 28.6. The van der Waals surface area contributed by atoms with Crippen LogP contribution >= 0.6 is 0 Å². The van der Waals surface area contributed by atoms with Gasteiger partial charge in [-0.15, -0.1) is 0 Å². The Balaban J connectivity index is 1.62. The third-order valence-corrected chi connectivity index (χ3v) is 8.00. The molecule has 1 fully saturated rings. The summed E-state index contributed by atoms with van der Waals surface area (Å²) in [5.74, 6) is 0.806. The molecule has 1 aromatic carbocycles. The molecule has 7 nitrogen and oxygen atoms in total. The predicted octanol–water partition coefficient (Wildman–Crippen LogP) is 4.55. The van der Waals surface area contributed by atoms with Crippen molar-refractivity contribution in [1.82, 2.24) is 15.1 Å². The van der Waals surface area contributed by atoms with Crippen LogP contribution in [-0.2, 0) is 11.3 Å². The number of rotatable bonds is 15. The van der Waals surface area contributed by atoms with E-state index >= 15 is 0 Å². The molecule has 5 N–H and O–H groups in total. The number of nitrogens with zero attached hydrogens (tertiary/aromatic N) is 2. The van der Waals surface area contributed by atoms with Crippen LogP contribution in [0.4, 0.5) is 0 Å².